The SMILES string of the molecule is O=C(Cc1csc(-c2ccccc2Cl)n1)NCCCn1ccc2ccccc21. The van der Waals surface area contributed by atoms with Crippen LogP contribution in [0.1, 0.15) is 12.1 Å². The normalized spacial score (nSPS) is 11.0. The predicted octanol–water partition coefficient (Wildman–Crippen LogP) is 5.17. The lowest BCUT2D eigenvalue weighted by Gasteiger charge is -2.07. The molecule has 0 saturated carbocycles. The lowest BCUT2D eigenvalue weighted by atomic mass is 10.2. The number of hydrogen-bond donors (Lipinski definition) is 1. The maximum absolute atomic E-state index is 12.2. The molecule has 1 N–H and O–H groups in total. The van der Waals surface area contributed by atoms with Gasteiger partial charge in [-0.15, -0.1) is 11.3 Å². The molecule has 28 heavy (non-hydrogen) atoms. The average molecular weight is 410 g/mol. The van der Waals surface area contributed by atoms with Crippen LogP contribution in [0.4, 0.5) is 0 Å². The molecule has 0 aliphatic rings. The minimum Gasteiger partial charge on any atom is -0.356 e. The number of rotatable bonds is 7. The van der Waals surface area contributed by atoms with Crippen LogP contribution in [0.25, 0.3) is 21.5 Å². The molecule has 2 heterocycles. The second-order valence-corrected chi connectivity index (χ2v) is 7.84. The quantitative estimate of drug-likeness (QED) is 0.428. The highest BCUT2D eigenvalue weighted by molar-refractivity contribution is 7.13. The summed E-state index contributed by atoms with van der Waals surface area (Å²) in [6.45, 7) is 1.52. The molecule has 4 nitrogen and oxygen atoms in total. The number of amides is 1. The van der Waals surface area contributed by atoms with Crippen molar-refractivity contribution in [3.8, 4) is 10.6 Å². The minimum absolute atomic E-state index is 0.00614. The Morgan fingerprint density at radius 1 is 1.11 bits per heavy atom. The van der Waals surface area contributed by atoms with Crippen molar-refractivity contribution in [2.75, 3.05) is 6.54 Å². The van der Waals surface area contributed by atoms with E-state index in [9.17, 15) is 4.79 Å². The van der Waals surface area contributed by atoms with Gasteiger partial charge in [-0.05, 0) is 30.0 Å². The zero-order valence-electron chi connectivity index (χ0n) is 15.3. The number of nitrogens with one attached hydrogen (secondary N) is 1. The smallest absolute Gasteiger partial charge is 0.226 e. The van der Waals surface area contributed by atoms with Gasteiger partial charge in [-0.1, -0.05) is 48.0 Å². The van der Waals surface area contributed by atoms with E-state index in [1.807, 2.05) is 41.8 Å². The third-order valence-corrected chi connectivity index (χ3v) is 5.83. The van der Waals surface area contributed by atoms with E-state index >= 15 is 0 Å². The Morgan fingerprint density at radius 2 is 1.93 bits per heavy atom. The van der Waals surface area contributed by atoms with Gasteiger partial charge < -0.3 is 9.88 Å². The van der Waals surface area contributed by atoms with Crippen molar-refractivity contribution in [2.24, 2.45) is 0 Å². The van der Waals surface area contributed by atoms with Gasteiger partial charge in [0, 0.05) is 35.7 Å². The molecule has 6 heteroatoms. The number of aryl methyl sites for hydroxylation is 1. The van der Waals surface area contributed by atoms with E-state index in [2.05, 4.69) is 39.3 Å². The van der Waals surface area contributed by atoms with E-state index in [1.165, 1.54) is 22.2 Å². The van der Waals surface area contributed by atoms with Crippen LogP contribution in [-0.2, 0) is 17.8 Å². The Hall–Kier alpha value is -2.63. The average Bonchev–Trinajstić information content (AvgIpc) is 3.33. The molecule has 1 amide bonds. The van der Waals surface area contributed by atoms with Gasteiger partial charge in [-0.25, -0.2) is 4.98 Å². The Labute approximate surface area is 172 Å². The van der Waals surface area contributed by atoms with Gasteiger partial charge >= 0.3 is 0 Å². The Balaban J connectivity index is 1.27. The molecule has 0 radical (unpaired) electrons. The monoisotopic (exact) mass is 409 g/mol. The highest BCUT2D eigenvalue weighted by atomic mass is 35.5. The van der Waals surface area contributed by atoms with Crippen LogP contribution in [0.3, 0.4) is 0 Å². The zero-order valence-corrected chi connectivity index (χ0v) is 16.8. The van der Waals surface area contributed by atoms with Gasteiger partial charge in [0.05, 0.1) is 17.1 Å². The highest BCUT2D eigenvalue weighted by Gasteiger charge is 2.11. The van der Waals surface area contributed by atoms with Crippen molar-refractivity contribution in [3.05, 3.63) is 76.9 Å². The second kappa shape index (κ2) is 8.59. The number of para-hydroxylation sites is 1. The number of fused-ring (bicyclic) bond motifs is 1. The number of thiazole rings is 1. The first kappa shape index (κ1) is 18.7. The number of aromatic nitrogens is 2. The maximum atomic E-state index is 12.2. The number of benzene rings is 2. The number of hydrogen-bond acceptors (Lipinski definition) is 3. The number of carbonyl (C=O) groups excluding carboxylic acids is 1. The van der Waals surface area contributed by atoms with E-state index in [0.29, 0.717) is 11.6 Å². The fourth-order valence-electron chi connectivity index (χ4n) is 3.19. The molecule has 4 rings (SSSR count). The molecule has 0 fully saturated rings. The van der Waals surface area contributed by atoms with Crippen LogP contribution in [0.15, 0.2) is 66.2 Å². The summed E-state index contributed by atoms with van der Waals surface area (Å²) in [5.74, 6) is -0.00614. The van der Waals surface area contributed by atoms with Crippen LogP contribution >= 0.6 is 22.9 Å². The molecular weight excluding hydrogens is 390 g/mol. The van der Waals surface area contributed by atoms with Crippen molar-refractivity contribution in [1.29, 1.82) is 0 Å². The minimum atomic E-state index is -0.00614. The third-order valence-electron chi connectivity index (χ3n) is 4.58. The van der Waals surface area contributed by atoms with Gasteiger partial charge in [0.1, 0.15) is 5.01 Å². The molecule has 0 bridgehead atoms. The lowest BCUT2D eigenvalue weighted by molar-refractivity contribution is -0.120. The third kappa shape index (κ3) is 4.26. The van der Waals surface area contributed by atoms with Crippen molar-refractivity contribution in [1.82, 2.24) is 14.9 Å². The maximum Gasteiger partial charge on any atom is 0.226 e. The highest BCUT2D eigenvalue weighted by Crippen LogP contribution is 2.30. The summed E-state index contributed by atoms with van der Waals surface area (Å²) in [6.07, 6.45) is 3.26. The summed E-state index contributed by atoms with van der Waals surface area (Å²) in [6, 6.07) is 18.0. The lowest BCUT2D eigenvalue weighted by Crippen LogP contribution is -2.26. The van der Waals surface area contributed by atoms with Crippen molar-refractivity contribution in [2.45, 2.75) is 19.4 Å². The Morgan fingerprint density at radius 3 is 2.82 bits per heavy atom. The molecular formula is C22H20ClN3OS. The van der Waals surface area contributed by atoms with Gasteiger partial charge in [0.25, 0.3) is 0 Å². The number of carbonyl (C=O) groups is 1. The van der Waals surface area contributed by atoms with Crippen molar-refractivity contribution in [3.63, 3.8) is 0 Å². The molecule has 0 atom stereocenters. The van der Waals surface area contributed by atoms with Crippen LogP contribution in [0.2, 0.25) is 5.02 Å². The van der Waals surface area contributed by atoms with Crippen molar-refractivity contribution < 1.29 is 4.79 Å². The van der Waals surface area contributed by atoms with E-state index in [4.69, 9.17) is 11.6 Å². The number of halogens is 1. The summed E-state index contributed by atoms with van der Waals surface area (Å²) in [4.78, 5) is 16.8. The molecule has 0 aliphatic carbocycles. The summed E-state index contributed by atoms with van der Waals surface area (Å²) < 4.78 is 2.22. The van der Waals surface area contributed by atoms with Gasteiger partial charge in [-0.2, -0.15) is 0 Å². The molecule has 0 saturated heterocycles. The molecule has 2 aromatic heterocycles. The summed E-state index contributed by atoms with van der Waals surface area (Å²) >= 11 is 7.73. The van der Waals surface area contributed by atoms with E-state index in [0.717, 1.165) is 29.2 Å². The van der Waals surface area contributed by atoms with E-state index in [-0.39, 0.29) is 12.3 Å². The molecule has 2 aromatic carbocycles. The molecule has 142 valence electrons. The second-order valence-electron chi connectivity index (χ2n) is 6.57. The fourth-order valence-corrected chi connectivity index (χ4v) is 4.33. The van der Waals surface area contributed by atoms with Crippen LogP contribution < -0.4 is 5.32 Å². The summed E-state index contributed by atoms with van der Waals surface area (Å²) in [5, 5.41) is 7.66. The topological polar surface area (TPSA) is 46.9 Å². The summed E-state index contributed by atoms with van der Waals surface area (Å²) in [7, 11) is 0. The van der Waals surface area contributed by atoms with Crippen LogP contribution in [-0.4, -0.2) is 22.0 Å². The van der Waals surface area contributed by atoms with Gasteiger partial charge in [0.15, 0.2) is 0 Å². The Bertz CT molecular complexity index is 1100. The van der Waals surface area contributed by atoms with E-state index < -0.39 is 0 Å². The molecule has 4 aromatic rings. The first-order valence-corrected chi connectivity index (χ1v) is 10.5. The molecule has 0 aliphatic heterocycles. The van der Waals surface area contributed by atoms with Crippen LogP contribution in [0.5, 0.6) is 0 Å². The van der Waals surface area contributed by atoms with E-state index in [1.54, 1.807) is 0 Å². The standard InChI is InChI=1S/C22H20ClN3OS/c23-19-8-3-2-7-18(19)22-25-17(15-28-22)14-21(27)24-11-5-12-26-13-10-16-6-1-4-9-20(16)26/h1-4,6-10,13,15H,5,11-12,14H2,(H,24,27). The zero-order chi connectivity index (χ0) is 19.3. The fraction of sp³-hybridized carbons (Fsp3) is 0.182. The number of nitrogens with zero attached hydrogens (tertiary/aromatic N) is 2. The largest absolute Gasteiger partial charge is 0.356 e. The van der Waals surface area contributed by atoms with Crippen LogP contribution in [0, 0.1) is 0 Å². The van der Waals surface area contributed by atoms with Gasteiger partial charge in [0.2, 0.25) is 5.91 Å². The molecule has 0 spiro atoms. The van der Waals surface area contributed by atoms with Crippen molar-refractivity contribution >= 4 is 39.7 Å². The Kier molecular flexibility index (Phi) is 5.74. The molecule has 0 unspecified atom stereocenters. The summed E-state index contributed by atoms with van der Waals surface area (Å²) in [5.41, 5.74) is 2.90. The first-order chi connectivity index (χ1) is 13.7. The predicted molar refractivity (Wildman–Crippen MR) is 116 cm³/mol. The van der Waals surface area contributed by atoms with Gasteiger partial charge in [-0.3, -0.25) is 4.79 Å². The first-order valence-electron chi connectivity index (χ1n) is 9.20.